The molecule has 7 heteroatoms. The number of aliphatic carboxylic acids is 1. The van der Waals surface area contributed by atoms with Crippen LogP contribution in [0.15, 0.2) is 18.2 Å². The predicted octanol–water partition coefficient (Wildman–Crippen LogP) is 1.89. The number of carbonyl (C=O) groups is 1. The minimum absolute atomic E-state index is 0.319. The standard InChI is InChI=1S/C9H7F3O4/c1-15-7-4-5(10)2-3-6(7)16-9(11,12)8(13)14/h2-4H,1H3,(H,13,14). The Kier molecular flexibility index (Phi) is 3.26. The number of alkyl halides is 2. The maximum Gasteiger partial charge on any atom is 0.502 e. The van der Waals surface area contributed by atoms with Crippen molar-refractivity contribution in [2.45, 2.75) is 6.11 Å². The van der Waals surface area contributed by atoms with Crippen molar-refractivity contribution >= 4 is 5.97 Å². The number of carboxylic acids is 1. The fourth-order valence-corrected chi connectivity index (χ4v) is 0.907. The van der Waals surface area contributed by atoms with Gasteiger partial charge in [0.15, 0.2) is 11.5 Å². The van der Waals surface area contributed by atoms with Crippen LogP contribution in [0.1, 0.15) is 0 Å². The van der Waals surface area contributed by atoms with E-state index >= 15 is 0 Å². The van der Waals surface area contributed by atoms with Crippen molar-refractivity contribution in [3.8, 4) is 11.5 Å². The topological polar surface area (TPSA) is 55.8 Å². The lowest BCUT2D eigenvalue weighted by Crippen LogP contribution is -2.34. The van der Waals surface area contributed by atoms with Gasteiger partial charge >= 0.3 is 12.1 Å². The Labute approximate surface area is 88.2 Å². The van der Waals surface area contributed by atoms with Crippen LogP contribution in [0.5, 0.6) is 11.5 Å². The van der Waals surface area contributed by atoms with E-state index in [1.165, 1.54) is 0 Å². The normalized spacial score (nSPS) is 11.0. The molecule has 0 unspecified atom stereocenters. The first-order chi connectivity index (χ1) is 7.36. The first-order valence-electron chi connectivity index (χ1n) is 4.00. The Hall–Kier alpha value is -1.92. The maximum atomic E-state index is 12.7. The molecule has 4 nitrogen and oxygen atoms in total. The molecule has 0 saturated carbocycles. The van der Waals surface area contributed by atoms with Gasteiger partial charge in [-0.15, -0.1) is 0 Å². The molecule has 0 amide bonds. The van der Waals surface area contributed by atoms with Gasteiger partial charge in [0.25, 0.3) is 0 Å². The Morgan fingerprint density at radius 1 is 1.38 bits per heavy atom. The molecule has 16 heavy (non-hydrogen) atoms. The molecule has 0 heterocycles. The molecular weight excluding hydrogens is 229 g/mol. The van der Waals surface area contributed by atoms with Crippen LogP contribution < -0.4 is 9.47 Å². The van der Waals surface area contributed by atoms with Crippen LogP contribution in [0.2, 0.25) is 0 Å². The van der Waals surface area contributed by atoms with Gasteiger partial charge in [0.1, 0.15) is 5.82 Å². The SMILES string of the molecule is COc1cc(F)ccc1OC(F)(F)C(=O)O. The lowest BCUT2D eigenvalue weighted by molar-refractivity contribution is -0.211. The van der Waals surface area contributed by atoms with Crippen LogP contribution in [-0.2, 0) is 4.79 Å². The Morgan fingerprint density at radius 3 is 2.50 bits per heavy atom. The number of carboxylic acid groups (broad SMARTS) is 1. The zero-order chi connectivity index (χ0) is 12.3. The Bertz CT molecular complexity index is 406. The summed E-state index contributed by atoms with van der Waals surface area (Å²) in [5.41, 5.74) is 0. The lowest BCUT2D eigenvalue weighted by Gasteiger charge is -2.15. The molecule has 0 aliphatic carbocycles. The predicted molar refractivity (Wildman–Crippen MR) is 46.2 cm³/mol. The minimum atomic E-state index is -4.40. The first kappa shape index (κ1) is 12.2. The average Bonchev–Trinajstić information content (AvgIpc) is 2.20. The molecule has 1 aromatic rings. The summed E-state index contributed by atoms with van der Waals surface area (Å²) >= 11 is 0. The van der Waals surface area contributed by atoms with Gasteiger partial charge in [-0.25, -0.2) is 9.18 Å². The fraction of sp³-hybridized carbons (Fsp3) is 0.222. The van der Waals surface area contributed by atoms with Crippen molar-refractivity contribution in [3.05, 3.63) is 24.0 Å². The third-order valence-corrected chi connectivity index (χ3v) is 1.61. The van der Waals surface area contributed by atoms with Gasteiger partial charge in [-0.05, 0) is 12.1 Å². The molecule has 0 atom stereocenters. The van der Waals surface area contributed by atoms with E-state index in [4.69, 9.17) is 5.11 Å². The van der Waals surface area contributed by atoms with E-state index in [1.807, 2.05) is 0 Å². The minimum Gasteiger partial charge on any atom is -0.493 e. The van der Waals surface area contributed by atoms with Gasteiger partial charge in [0.05, 0.1) is 7.11 Å². The van der Waals surface area contributed by atoms with Gasteiger partial charge in [-0.1, -0.05) is 0 Å². The number of hydrogen-bond acceptors (Lipinski definition) is 3. The van der Waals surface area contributed by atoms with Crippen LogP contribution in [-0.4, -0.2) is 24.3 Å². The molecule has 0 aromatic heterocycles. The number of ether oxygens (including phenoxy) is 2. The molecule has 0 spiro atoms. The molecule has 0 fully saturated rings. The van der Waals surface area contributed by atoms with Crippen LogP contribution in [0.3, 0.4) is 0 Å². The summed E-state index contributed by atoms with van der Waals surface area (Å²) in [4.78, 5) is 10.1. The average molecular weight is 236 g/mol. The van der Waals surface area contributed by atoms with E-state index in [9.17, 15) is 18.0 Å². The van der Waals surface area contributed by atoms with Crippen molar-refractivity contribution in [1.29, 1.82) is 0 Å². The number of benzene rings is 1. The Balaban J connectivity index is 3.01. The van der Waals surface area contributed by atoms with Gasteiger partial charge < -0.3 is 14.6 Å². The second-order valence-corrected chi connectivity index (χ2v) is 2.72. The highest BCUT2D eigenvalue weighted by Gasteiger charge is 2.43. The summed E-state index contributed by atoms with van der Waals surface area (Å²) in [6.07, 6.45) is -4.40. The number of hydrogen-bond donors (Lipinski definition) is 1. The maximum absolute atomic E-state index is 12.7. The van der Waals surface area contributed by atoms with Crippen molar-refractivity contribution in [1.82, 2.24) is 0 Å². The van der Waals surface area contributed by atoms with Crippen LogP contribution in [0.25, 0.3) is 0 Å². The van der Waals surface area contributed by atoms with Crippen molar-refractivity contribution in [3.63, 3.8) is 0 Å². The molecule has 1 aromatic carbocycles. The van der Waals surface area contributed by atoms with E-state index in [1.54, 1.807) is 0 Å². The molecule has 1 rings (SSSR count). The van der Waals surface area contributed by atoms with E-state index < -0.39 is 23.6 Å². The fourth-order valence-electron chi connectivity index (χ4n) is 0.907. The second kappa shape index (κ2) is 4.30. The summed E-state index contributed by atoms with van der Waals surface area (Å²) in [5, 5.41) is 8.13. The summed E-state index contributed by atoms with van der Waals surface area (Å²) in [5.74, 6) is -4.04. The summed E-state index contributed by atoms with van der Waals surface area (Å²) < 4.78 is 46.5. The molecule has 88 valence electrons. The number of methoxy groups -OCH3 is 1. The molecular formula is C9H7F3O4. The van der Waals surface area contributed by atoms with Crippen LogP contribution in [0.4, 0.5) is 13.2 Å². The zero-order valence-corrected chi connectivity index (χ0v) is 8.04. The van der Waals surface area contributed by atoms with Crippen LogP contribution in [0, 0.1) is 5.82 Å². The van der Waals surface area contributed by atoms with E-state index in [0.29, 0.717) is 0 Å². The monoisotopic (exact) mass is 236 g/mol. The quantitative estimate of drug-likeness (QED) is 0.867. The van der Waals surface area contributed by atoms with Crippen LogP contribution >= 0.6 is 0 Å². The van der Waals surface area contributed by atoms with Gasteiger partial charge in [0.2, 0.25) is 0 Å². The third kappa shape index (κ3) is 2.56. The van der Waals surface area contributed by atoms with Crippen molar-refractivity contribution in [2.75, 3.05) is 7.11 Å². The summed E-state index contributed by atoms with van der Waals surface area (Å²) in [6.45, 7) is 0. The van der Waals surface area contributed by atoms with Crippen molar-refractivity contribution in [2.24, 2.45) is 0 Å². The summed E-state index contributed by atoms with van der Waals surface area (Å²) in [6, 6.07) is 2.49. The third-order valence-electron chi connectivity index (χ3n) is 1.61. The largest absolute Gasteiger partial charge is 0.502 e. The summed E-state index contributed by atoms with van der Waals surface area (Å²) in [7, 11) is 1.11. The highest BCUT2D eigenvalue weighted by Crippen LogP contribution is 2.31. The van der Waals surface area contributed by atoms with E-state index in [2.05, 4.69) is 9.47 Å². The van der Waals surface area contributed by atoms with Crippen molar-refractivity contribution < 1.29 is 32.5 Å². The smallest absolute Gasteiger partial charge is 0.493 e. The van der Waals surface area contributed by atoms with E-state index in [-0.39, 0.29) is 5.75 Å². The molecule has 0 bridgehead atoms. The van der Waals surface area contributed by atoms with Gasteiger partial charge in [-0.3, -0.25) is 0 Å². The van der Waals surface area contributed by atoms with E-state index in [0.717, 1.165) is 25.3 Å². The molecule has 1 N–H and O–H groups in total. The zero-order valence-electron chi connectivity index (χ0n) is 8.04. The number of rotatable bonds is 4. The number of halogens is 3. The molecule has 0 aliphatic rings. The van der Waals surface area contributed by atoms with Gasteiger partial charge in [0, 0.05) is 6.07 Å². The second-order valence-electron chi connectivity index (χ2n) is 2.72. The Morgan fingerprint density at radius 2 is 2.00 bits per heavy atom. The first-order valence-corrected chi connectivity index (χ1v) is 4.00. The lowest BCUT2D eigenvalue weighted by atomic mass is 10.3. The van der Waals surface area contributed by atoms with Gasteiger partial charge in [-0.2, -0.15) is 8.78 Å². The molecule has 0 saturated heterocycles. The highest BCUT2D eigenvalue weighted by atomic mass is 19.3. The highest BCUT2D eigenvalue weighted by molar-refractivity contribution is 5.74. The molecule has 0 radical (unpaired) electrons. The molecule has 0 aliphatic heterocycles.